The molecule has 2 saturated heterocycles. The lowest BCUT2D eigenvalue weighted by Gasteiger charge is -2.31. The lowest BCUT2D eigenvalue weighted by atomic mass is 9.76. The second-order valence-electron chi connectivity index (χ2n) is 9.77. The molecule has 3 aromatic carbocycles. The second-order valence-corrected chi connectivity index (χ2v) is 10.2. The molecule has 39 heavy (non-hydrogen) atoms. The fourth-order valence-corrected chi connectivity index (χ4v) is 5.63. The van der Waals surface area contributed by atoms with E-state index < -0.39 is 46.1 Å². The molecule has 2 N–H and O–H groups in total. The Kier molecular flexibility index (Phi) is 6.80. The number of nitrogens with one attached hydrogen (secondary N) is 1. The lowest BCUT2D eigenvalue weighted by Crippen LogP contribution is -2.58. The van der Waals surface area contributed by atoms with E-state index in [2.05, 4.69) is 5.32 Å². The van der Waals surface area contributed by atoms with Crippen molar-refractivity contribution in [2.45, 2.75) is 24.9 Å². The van der Waals surface area contributed by atoms with Crippen LogP contribution in [0.5, 0.6) is 0 Å². The first-order valence-electron chi connectivity index (χ1n) is 12.2. The van der Waals surface area contributed by atoms with E-state index >= 15 is 0 Å². The van der Waals surface area contributed by atoms with Crippen LogP contribution >= 0.6 is 11.6 Å². The van der Waals surface area contributed by atoms with Crippen molar-refractivity contribution in [3.8, 4) is 0 Å². The number of hydrogen-bond donors (Lipinski definition) is 2. The zero-order valence-corrected chi connectivity index (χ0v) is 21.5. The molecular weight excluding hydrogens is 522 g/mol. The van der Waals surface area contributed by atoms with Gasteiger partial charge in [-0.2, -0.15) is 0 Å². The van der Waals surface area contributed by atoms with Gasteiger partial charge in [0.1, 0.15) is 5.54 Å². The van der Waals surface area contributed by atoms with Gasteiger partial charge in [-0.15, -0.1) is 0 Å². The van der Waals surface area contributed by atoms with E-state index in [1.165, 1.54) is 30.3 Å². The van der Waals surface area contributed by atoms with Crippen LogP contribution in [0.4, 0.5) is 11.4 Å². The summed E-state index contributed by atoms with van der Waals surface area (Å²) < 4.78 is 0. The van der Waals surface area contributed by atoms with Crippen molar-refractivity contribution in [3.63, 3.8) is 0 Å². The average Bonchev–Trinajstić information content (AvgIpc) is 3.39. The standard InChI is InChI=1S/C29H24ClN3O6/c1-17-7-11-21(15-22(17)30)32-26(34)24-23(14-10-18-5-3-2-4-6-18)31-29(28(36)37,25(24)27(32)35)16-19-8-12-20(13-9-19)33(38)39/h2-15,23-25,31H,16H2,1H3,(H,36,37). The van der Waals surface area contributed by atoms with Crippen molar-refractivity contribution in [3.05, 3.63) is 111 Å². The van der Waals surface area contributed by atoms with E-state index in [9.17, 15) is 29.6 Å². The lowest BCUT2D eigenvalue weighted by molar-refractivity contribution is -0.384. The molecule has 3 aromatic rings. The Hall–Kier alpha value is -4.34. The number of carboxylic acids is 1. The maximum Gasteiger partial charge on any atom is 0.325 e. The molecule has 0 spiro atoms. The van der Waals surface area contributed by atoms with Crippen LogP contribution in [0.3, 0.4) is 0 Å². The molecule has 4 unspecified atom stereocenters. The molecule has 2 amide bonds. The predicted octanol–water partition coefficient (Wildman–Crippen LogP) is 4.41. The highest BCUT2D eigenvalue weighted by Crippen LogP contribution is 2.47. The number of aliphatic carboxylic acids is 1. The number of non-ortho nitro benzene ring substituents is 1. The average molecular weight is 546 g/mol. The highest BCUT2D eigenvalue weighted by molar-refractivity contribution is 6.32. The molecular formula is C29H24ClN3O6. The molecule has 198 valence electrons. The van der Waals surface area contributed by atoms with Gasteiger partial charge in [-0.25, -0.2) is 4.90 Å². The Morgan fingerprint density at radius 3 is 2.41 bits per heavy atom. The molecule has 0 saturated carbocycles. The topological polar surface area (TPSA) is 130 Å². The predicted molar refractivity (Wildman–Crippen MR) is 145 cm³/mol. The summed E-state index contributed by atoms with van der Waals surface area (Å²) >= 11 is 6.29. The molecule has 0 aromatic heterocycles. The molecule has 0 radical (unpaired) electrons. The summed E-state index contributed by atoms with van der Waals surface area (Å²) in [5.41, 5.74) is 0.372. The summed E-state index contributed by atoms with van der Waals surface area (Å²) in [6.45, 7) is 1.79. The fraction of sp³-hybridized carbons (Fsp3) is 0.207. The number of amides is 2. The summed E-state index contributed by atoms with van der Waals surface area (Å²) in [4.78, 5) is 52.3. The van der Waals surface area contributed by atoms with Crippen molar-refractivity contribution >= 4 is 46.8 Å². The van der Waals surface area contributed by atoms with Crippen LogP contribution in [0.2, 0.25) is 5.02 Å². The molecule has 2 aliphatic heterocycles. The molecule has 2 aliphatic rings. The van der Waals surface area contributed by atoms with E-state index in [-0.39, 0.29) is 17.8 Å². The Labute approximate surface area is 228 Å². The van der Waals surface area contributed by atoms with Gasteiger partial charge in [-0.3, -0.25) is 29.8 Å². The van der Waals surface area contributed by atoms with Gasteiger partial charge >= 0.3 is 5.97 Å². The number of carboxylic acid groups (broad SMARTS) is 1. The molecule has 2 heterocycles. The maximum atomic E-state index is 13.9. The van der Waals surface area contributed by atoms with E-state index in [0.717, 1.165) is 16.0 Å². The zero-order valence-electron chi connectivity index (χ0n) is 20.8. The van der Waals surface area contributed by atoms with Crippen LogP contribution in [-0.4, -0.2) is 39.4 Å². The number of nitro benzene ring substituents is 1. The monoisotopic (exact) mass is 545 g/mol. The molecule has 4 atom stereocenters. The third kappa shape index (κ3) is 4.60. The SMILES string of the molecule is Cc1ccc(N2C(=O)C3C(C=Cc4ccccc4)NC(Cc4ccc([N+](=O)[O-])cc4)(C(=O)O)C3C2=O)cc1Cl. The van der Waals surface area contributed by atoms with E-state index in [0.29, 0.717) is 10.6 Å². The summed E-state index contributed by atoms with van der Waals surface area (Å²) in [6.07, 6.45) is 3.32. The summed E-state index contributed by atoms with van der Waals surface area (Å²) in [7, 11) is 0. The van der Waals surface area contributed by atoms with Crippen molar-refractivity contribution in [2.75, 3.05) is 4.90 Å². The first kappa shape index (κ1) is 26.3. The quantitative estimate of drug-likeness (QED) is 0.255. The molecule has 0 aliphatic carbocycles. The zero-order chi connectivity index (χ0) is 27.9. The number of rotatable bonds is 7. The highest BCUT2D eigenvalue weighted by atomic mass is 35.5. The van der Waals surface area contributed by atoms with Crippen LogP contribution in [0.25, 0.3) is 6.08 Å². The van der Waals surface area contributed by atoms with E-state index in [4.69, 9.17) is 11.6 Å². The molecule has 5 rings (SSSR count). The Morgan fingerprint density at radius 2 is 1.79 bits per heavy atom. The number of nitro groups is 1. The van der Waals surface area contributed by atoms with Gasteiger partial charge in [0.15, 0.2) is 0 Å². The number of fused-ring (bicyclic) bond motifs is 1. The first-order valence-corrected chi connectivity index (χ1v) is 12.6. The fourth-order valence-electron chi connectivity index (χ4n) is 5.46. The third-order valence-electron chi connectivity index (χ3n) is 7.41. The van der Waals surface area contributed by atoms with Gasteiger partial charge in [0.2, 0.25) is 11.8 Å². The summed E-state index contributed by atoms with van der Waals surface area (Å²) in [5, 5.41) is 25.1. The van der Waals surface area contributed by atoms with Crippen LogP contribution in [0.1, 0.15) is 16.7 Å². The number of imide groups is 1. The van der Waals surface area contributed by atoms with Gasteiger partial charge in [0, 0.05) is 29.6 Å². The number of carbonyl (C=O) groups is 3. The number of hydrogen-bond acceptors (Lipinski definition) is 6. The third-order valence-corrected chi connectivity index (χ3v) is 7.82. The Bertz CT molecular complexity index is 1510. The van der Waals surface area contributed by atoms with Crippen LogP contribution < -0.4 is 10.2 Å². The number of halogens is 1. The van der Waals surface area contributed by atoms with Gasteiger partial charge in [0.25, 0.3) is 5.69 Å². The van der Waals surface area contributed by atoms with Crippen LogP contribution in [0.15, 0.2) is 78.9 Å². The van der Waals surface area contributed by atoms with Crippen molar-refractivity contribution in [2.24, 2.45) is 11.8 Å². The van der Waals surface area contributed by atoms with Gasteiger partial charge in [-0.05, 0) is 35.7 Å². The molecule has 2 fully saturated rings. The first-order chi connectivity index (χ1) is 18.6. The minimum absolute atomic E-state index is 0.140. The normalized spacial score (nSPS) is 24.4. The molecule has 9 nitrogen and oxygen atoms in total. The maximum absolute atomic E-state index is 13.9. The number of carbonyl (C=O) groups excluding carboxylic acids is 2. The van der Waals surface area contributed by atoms with Crippen molar-refractivity contribution < 1.29 is 24.4 Å². The smallest absolute Gasteiger partial charge is 0.325 e. The summed E-state index contributed by atoms with van der Waals surface area (Å²) in [5.74, 6) is -4.68. The minimum Gasteiger partial charge on any atom is -0.480 e. The largest absolute Gasteiger partial charge is 0.480 e. The Morgan fingerprint density at radius 1 is 1.10 bits per heavy atom. The van der Waals surface area contributed by atoms with Crippen molar-refractivity contribution in [1.82, 2.24) is 5.32 Å². The highest BCUT2D eigenvalue weighted by Gasteiger charge is 2.68. The number of benzene rings is 3. The van der Waals surface area contributed by atoms with Crippen LogP contribution in [0, 0.1) is 28.9 Å². The molecule has 0 bridgehead atoms. The number of anilines is 1. The van der Waals surface area contributed by atoms with E-state index in [1.54, 1.807) is 31.2 Å². The van der Waals surface area contributed by atoms with Crippen molar-refractivity contribution in [1.29, 1.82) is 0 Å². The number of aryl methyl sites for hydroxylation is 1. The van der Waals surface area contributed by atoms with Gasteiger partial charge < -0.3 is 5.11 Å². The van der Waals surface area contributed by atoms with Gasteiger partial charge in [-0.1, -0.05) is 72.3 Å². The van der Waals surface area contributed by atoms with Crippen LogP contribution in [-0.2, 0) is 20.8 Å². The van der Waals surface area contributed by atoms with Gasteiger partial charge in [0.05, 0.1) is 22.4 Å². The minimum atomic E-state index is -1.84. The summed E-state index contributed by atoms with van der Waals surface area (Å²) in [6, 6.07) is 18.9. The van der Waals surface area contributed by atoms with E-state index in [1.807, 2.05) is 30.3 Å². The molecule has 10 heteroatoms. The second kappa shape index (κ2) is 10.1. The number of nitrogens with zero attached hydrogens (tertiary/aromatic N) is 2. The Balaban J connectivity index is 1.59.